The molecule has 0 aliphatic carbocycles. The minimum absolute atomic E-state index is 0.00991. The van der Waals surface area contributed by atoms with E-state index >= 15 is 0 Å². The van der Waals surface area contributed by atoms with Crippen LogP contribution in [0.3, 0.4) is 0 Å². The summed E-state index contributed by atoms with van der Waals surface area (Å²) in [4.78, 5) is 11.7. The molecule has 0 atom stereocenters. The second kappa shape index (κ2) is 8.68. The number of amides is 1. The topological polar surface area (TPSA) is 56.8 Å². The number of hydrogen-bond acceptors (Lipinski definition) is 4. The van der Waals surface area contributed by atoms with Gasteiger partial charge < -0.3 is 19.5 Å². The van der Waals surface area contributed by atoms with Gasteiger partial charge in [-0.2, -0.15) is 0 Å². The zero-order chi connectivity index (χ0) is 16.5. The van der Waals surface area contributed by atoms with Gasteiger partial charge in [-0.15, -0.1) is 0 Å². The molecule has 122 valence electrons. The summed E-state index contributed by atoms with van der Waals surface area (Å²) in [6, 6.07) is 14.9. The molecule has 0 bridgehead atoms. The Morgan fingerprint density at radius 2 is 1.83 bits per heavy atom. The summed E-state index contributed by atoms with van der Waals surface area (Å²) in [5.74, 6) is 1.98. The van der Waals surface area contributed by atoms with Crippen molar-refractivity contribution in [1.82, 2.24) is 5.32 Å². The van der Waals surface area contributed by atoms with Crippen LogP contribution in [-0.4, -0.2) is 32.8 Å². The third-order valence-corrected chi connectivity index (χ3v) is 3.19. The van der Waals surface area contributed by atoms with Crippen molar-refractivity contribution in [2.45, 2.75) is 6.92 Å². The van der Waals surface area contributed by atoms with Crippen molar-refractivity contribution in [3.8, 4) is 17.2 Å². The first-order chi connectivity index (χ1) is 11.2. The Morgan fingerprint density at radius 3 is 2.61 bits per heavy atom. The van der Waals surface area contributed by atoms with Gasteiger partial charge in [-0.05, 0) is 30.7 Å². The number of para-hydroxylation sites is 1. The molecule has 2 rings (SSSR count). The molecule has 1 N–H and O–H groups in total. The van der Waals surface area contributed by atoms with Gasteiger partial charge in [0.15, 0.2) is 6.61 Å². The predicted octanol–water partition coefficient (Wildman–Crippen LogP) is 2.58. The molecular weight excluding hydrogens is 294 g/mol. The number of benzene rings is 2. The zero-order valence-electron chi connectivity index (χ0n) is 13.4. The quantitative estimate of drug-likeness (QED) is 0.761. The fraction of sp³-hybridized carbons (Fsp3) is 0.278. The summed E-state index contributed by atoms with van der Waals surface area (Å²) < 4.78 is 16.1. The largest absolute Gasteiger partial charge is 0.497 e. The van der Waals surface area contributed by atoms with Gasteiger partial charge in [0.2, 0.25) is 0 Å². The van der Waals surface area contributed by atoms with Crippen molar-refractivity contribution in [3.63, 3.8) is 0 Å². The predicted molar refractivity (Wildman–Crippen MR) is 88.2 cm³/mol. The summed E-state index contributed by atoms with van der Waals surface area (Å²) >= 11 is 0. The van der Waals surface area contributed by atoms with Gasteiger partial charge >= 0.3 is 0 Å². The Morgan fingerprint density at radius 1 is 1.04 bits per heavy atom. The third-order valence-electron chi connectivity index (χ3n) is 3.19. The van der Waals surface area contributed by atoms with Crippen molar-refractivity contribution in [3.05, 3.63) is 54.1 Å². The summed E-state index contributed by atoms with van der Waals surface area (Å²) in [6.45, 7) is 2.72. The molecule has 0 aliphatic heterocycles. The monoisotopic (exact) mass is 315 g/mol. The summed E-state index contributed by atoms with van der Waals surface area (Å²) in [6.07, 6.45) is 0. The van der Waals surface area contributed by atoms with Crippen LogP contribution in [0.25, 0.3) is 0 Å². The molecule has 5 heteroatoms. The fourth-order valence-corrected chi connectivity index (χ4v) is 1.96. The summed E-state index contributed by atoms with van der Waals surface area (Å²) in [5, 5.41) is 2.75. The molecule has 23 heavy (non-hydrogen) atoms. The van der Waals surface area contributed by atoms with E-state index in [0.29, 0.717) is 18.9 Å². The Bertz CT molecular complexity index is 642. The number of carbonyl (C=O) groups excluding carboxylic acids is 1. The van der Waals surface area contributed by atoms with Gasteiger partial charge in [0.1, 0.15) is 23.9 Å². The molecule has 0 aromatic heterocycles. The van der Waals surface area contributed by atoms with Crippen molar-refractivity contribution < 1.29 is 19.0 Å². The minimum Gasteiger partial charge on any atom is -0.497 e. The maximum atomic E-state index is 11.7. The number of methoxy groups -OCH3 is 1. The maximum Gasteiger partial charge on any atom is 0.258 e. The minimum atomic E-state index is -0.178. The number of nitrogens with one attached hydrogen (secondary N) is 1. The third kappa shape index (κ3) is 5.54. The lowest BCUT2D eigenvalue weighted by molar-refractivity contribution is -0.123. The number of carbonyl (C=O) groups is 1. The average molecular weight is 315 g/mol. The van der Waals surface area contributed by atoms with E-state index in [-0.39, 0.29) is 12.5 Å². The van der Waals surface area contributed by atoms with Crippen molar-refractivity contribution in [1.29, 1.82) is 0 Å². The van der Waals surface area contributed by atoms with Crippen molar-refractivity contribution in [2.75, 3.05) is 26.9 Å². The van der Waals surface area contributed by atoms with Crippen molar-refractivity contribution in [2.24, 2.45) is 0 Å². The lowest BCUT2D eigenvalue weighted by Gasteiger charge is -2.10. The van der Waals surface area contributed by atoms with E-state index in [9.17, 15) is 4.79 Å². The van der Waals surface area contributed by atoms with Crippen LogP contribution in [0, 0.1) is 6.92 Å². The highest BCUT2D eigenvalue weighted by Crippen LogP contribution is 2.18. The zero-order valence-corrected chi connectivity index (χ0v) is 13.4. The summed E-state index contributed by atoms with van der Waals surface area (Å²) in [5.41, 5.74) is 1.00. The highest BCUT2D eigenvalue weighted by Gasteiger charge is 2.04. The highest BCUT2D eigenvalue weighted by atomic mass is 16.5. The van der Waals surface area contributed by atoms with Crippen LogP contribution in [0.5, 0.6) is 17.2 Å². The lowest BCUT2D eigenvalue weighted by atomic mass is 10.2. The first-order valence-electron chi connectivity index (χ1n) is 7.41. The summed E-state index contributed by atoms with van der Waals surface area (Å²) in [7, 11) is 1.60. The molecule has 0 heterocycles. The molecule has 0 unspecified atom stereocenters. The molecule has 2 aromatic carbocycles. The van der Waals surface area contributed by atoms with Crippen LogP contribution < -0.4 is 19.5 Å². The van der Waals surface area contributed by atoms with Gasteiger partial charge in [0.05, 0.1) is 13.7 Å². The van der Waals surface area contributed by atoms with Gasteiger partial charge in [0, 0.05) is 6.07 Å². The van der Waals surface area contributed by atoms with Crippen LogP contribution in [0.15, 0.2) is 48.5 Å². The van der Waals surface area contributed by atoms with E-state index in [2.05, 4.69) is 5.32 Å². The molecule has 0 aliphatic rings. The lowest BCUT2D eigenvalue weighted by Crippen LogP contribution is -2.32. The van der Waals surface area contributed by atoms with Gasteiger partial charge in [0.25, 0.3) is 5.91 Å². The standard InChI is InChI=1S/C18H21NO4/c1-14-6-3-4-9-17(14)23-13-18(20)19-10-11-22-16-8-5-7-15(12-16)21-2/h3-9,12H,10-11,13H2,1-2H3,(H,19,20). The Balaban J connectivity index is 1.66. The molecule has 0 fully saturated rings. The van der Waals surface area contributed by atoms with Crippen LogP contribution in [0.1, 0.15) is 5.56 Å². The second-order valence-electron chi connectivity index (χ2n) is 4.93. The SMILES string of the molecule is COc1cccc(OCCNC(=O)COc2ccccc2C)c1. The Labute approximate surface area is 136 Å². The molecule has 0 saturated heterocycles. The number of aryl methyl sites for hydroxylation is 1. The second-order valence-corrected chi connectivity index (χ2v) is 4.93. The Hall–Kier alpha value is -2.69. The molecule has 0 radical (unpaired) electrons. The van der Waals surface area contributed by atoms with Gasteiger partial charge in [-0.1, -0.05) is 24.3 Å². The number of hydrogen-bond donors (Lipinski definition) is 1. The molecule has 0 spiro atoms. The smallest absolute Gasteiger partial charge is 0.258 e. The highest BCUT2D eigenvalue weighted by molar-refractivity contribution is 5.77. The first-order valence-corrected chi connectivity index (χ1v) is 7.41. The normalized spacial score (nSPS) is 10.0. The van der Waals surface area contributed by atoms with Crippen molar-refractivity contribution >= 4 is 5.91 Å². The molecule has 5 nitrogen and oxygen atoms in total. The molecule has 2 aromatic rings. The fourth-order valence-electron chi connectivity index (χ4n) is 1.96. The van der Waals surface area contributed by atoms with E-state index in [1.807, 2.05) is 49.4 Å². The van der Waals surface area contributed by atoms with E-state index in [4.69, 9.17) is 14.2 Å². The van der Waals surface area contributed by atoms with Gasteiger partial charge in [-0.3, -0.25) is 4.79 Å². The average Bonchev–Trinajstić information content (AvgIpc) is 2.58. The van der Waals surface area contributed by atoms with Crippen LogP contribution in [-0.2, 0) is 4.79 Å². The van der Waals surface area contributed by atoms with Gasteiger partial charge in [-0.25, -0.2) is 0 Å². The van der Waals surface area contributed by atoms with Crippen LogP contribution in [0.4, 0.5) is 0 Å². The molecular formula is C18H21NO4. The number of rotatable bonds is 8. The number of ether oxygens (including phenoxy) is 3. The van der Waals surface area contributed by atoms with E-state index in [1.165, 1.54) is 0 Å². The van der Waals surface area contributed by atoms with E-state index in [0.717, 1.165) is 17.1 Å². The maximum absolute atomic E-state index is 11.7. The molecule has 1 amide bonds. The van der Waals surface area contributed by atoms with Crippen LogP contribution >= 0.6 is 0 Å². The first kappa shape index (κ1) is 16.7. The molecule has 0 saturated carbocycles. The van der Waals surface area contributed by atoms with E-state index in [1.54, 1.807) is 13.2 Å². The van der Waals surface area contributed by atoms with E-state index < -0.39 is 0 Å². The Kier molecular flexibility index (Phi) is 6.29. The van der Waals surface area contributed by atoms with Crippen LogP contribution in [0.2, 0.25) is 0 Å².